The lowest BCUT2D eigenvalue weighted by Gasteiger charge is -2.21. The Hall–Kier alpha value is -1.92. The molecule has 6 heteroatoms. The monoisotopic (exact) mass is 333 g/mol. The quantitative estimate of drug-likeness (QED) is 0.676. The van der Waals surface area contributed by atoms with Gasteiger partial charge in [0, 0.05) is 36.0 Å². The molecule has 0 saturated heterocycles. The zero-order valence-corrected chi connectivity index (χ0v) is 14.3. The number of rotatable bonds is 7. The van der Waals surface area contributed by atoms with Gasteiger partial charge in [0.1, 0.15) is 5.01 Å². The molecule has 0 saturated carbocycles. The average molecular weight is 333 g/mol. The molecule has 1 heterocycles. The van der Waals surface area contributed by atoms with Crippen LogP contribution in [0.5, 0.6) is 0 Å². The molecule has 0 atom stereocenters. The third-order valence-electron chi connectivity index (χ3n) is 3.54. The van der Waals surface area contributed by atoms with Gasteiger partial charge in [-0.1, -0.05) is 26.0 Å². The van der Waals surface area contributed by atoms with Crippen LogP contribution in [0.25, 0.3) is 10.6 Å². The largest absolute Gasteiger partial charge is 0.396 e. The predicted molar refractivity (Wildman–Crippen MR) is 94.7 cm³/mol. The first kappa shape index (κ1) is 17.4. The van der Waals surface area contributed by atoms with E-state index < -0.39 is 0 Å². The Morgan fingerprint density at radius 3 is 2.91 bits per heavy atom. The van der Waals surface area contributed by atoms with Crippen LogP contribution in [0.15, 0.2) is 35.8 Å². The van der Waals surface area contributed by atoms with Crippen LogP contribution in [0, 0.1) is 5.41 Å². The highest BCUT2D eigenvalue weighted by molar-refractivity contribution is 7.13. The minimum atomic E-state index is -0.219. The molecule has 1 aromatic heterocycles. The Balaban J connectivity index is 1.81. The Kier molecular flexibility index (Phi) is 6.12. The van der Waals surface area contributed by atoms with Gasteiger partial charge in [0.15, 0.2) is 0 Å². The van der Waals surface area contributed by atoms with Gasteiger partial charge in [-0.2, -0.15) is 0 Å². The minimum absolute atomic E-state index is 0.0970. The van der Waals surface area contributed by atoms with Crippen LogP contribution in [-0.4, -0.2) is 29.3 Å². The summed E-state index contributed by atoms with van der Waals surface area (Å²) in [6.07, 6.45) is 3.46. The number of aromatic nitrogens is 1. The van der Waals surface area contributed by atoms with Crippen LogP contribution < -0.4 is 10.6 Å². The first-order valence-corrected chi connectivity index (χ1v) is 8.54. The number of hydrogen-bond acceptors (Lipinski definition) is 4. The van der Waals surface area contributed by atoms with Crippen LogP contribution >= 0.6 is 11.3 Å². The summed E-state index contributed by atoms with van der Waals surface area (Å²) in [4.78, 5) is 16.2. The number of aliphatic hydroxyl groups is 1. The Bertz CT molecular complexity index is 627. The number of benzene rings is 1. The molecule has 0 aliphatic heterocycles. The molecule has 0 unspecified atom stereocenters. The predicted octanol–water partition coefficient (Wildman–Crippen LogP) is 3.73. The van der Waals surface area contributed by atoms with Crippen molar-refractivity contribution in [1.82, 2.24) is 10.3 Å². The van der Waals surface area contributed by atoms with E-state index in [-0.39, 0.29) is 18.1 Å². The summed E-state index contributed by atoms with van der Waals surface area (Å²) in [7, 11) is 0. The van der Waals surface area contributed by atoms with Crippen LogP contribution in [-0.2, 0) is 0 Å². The summed E-state index contributed by atoms with van der Waals surface area (Å²) in [6, 6.07) is 7.41. The number of nitrogens with zero attached hydrogens (tertiary/aromatic N) is 1. The molecular weight excluding hydrogens is 310 g/mol. The molecule has 124 valence electrons. The molecule has 0 spiro atoms. The Morgan fingerprint density at radius 1 is 1.39 bits per heavy atom. The molecule has 0 radical (unpaired) electrons. The topological polar surface area (TPSA) is 74.2 Å². The van der Waals surface area contributed by atoms with Crippen LogP contribution in [0.1, 0.15) is 26.7 Å². The normalized spacial score (nSPS) is 11.3. The van der Waals surface area contributed by atoms with Crippen molar-refractivity contribution in [3.8, 4) is 10.6 Å². The number of carbonyl (C=O) groups excluding carboxylic acids is 1. The first-order chi connectivity index (χ1) is 11.0. The highest BCUT2D eigenvalue weighted by atomic mass is 32.1. The van der Waals surface area contributed by atoms with Crippen molar-refractivity contribution in [2.45, 2.75) is 26.7 Å². The number of hydrogen-bond donors (Lipinski definition) is 3. The van der Waals surface area contributed by atoms with Gasteiger partial charge < -0.3 is 15.7 Å². The van der Waals surface area contributed by atoms with Crippen molar-refractivity contribution >= 4 is 23.1 Å². The van der Waals surface area contributed by atoms with Gasteiger partial charge in [0.2, 0.25) is 0 Å². The summed E-state index contributed by atoms with van der Waals surface area (Å²) < 4.78 is 0. The highest BCUT2D eigenvalue weighted by Gasteiger charge is 2.15. The maximum atomic E-state index is 11.9. The summed E-state index contributed by atoms with van der Waals surface area (Å²) >= 11 is 1.56. The molecule has 2 amide bonds. The molecule has 5 nitrogen and oxygen atoms in total. The second kappa shape index (κ2) is 8.08. The number of amides is 2. The average Bonchev–Trinajstić information content (AvgIpc) is 3.06. The van der Waals surface area contributed by atoms with Gasteiger partial charge in [0.25, 0.3) is 0 Å². The third-order valence-corrected chi connectivity index (χ3v) is 4.37. The molecule has 23 heavy (non-hydrogen) atoms. The number of aliphatic hydroxyl groups excluding tert-OH is 1. The lowest BCUT2D eigenvalue weighted by Crippen LogP contribution is -2.30. The molecular formula is C17H23N3O2S. The van der Waals surface area contributed by atoms with Gasteiger partial charge in [-0.05, 0) is 30.4 Å². The first-order valence-electron chi connectivity index (χ1n) is 7.66. The smallest absolute Gasteiger partial charge is 0.319 e. The van der Waals surface area contributed by atoms with E-state index in [1.54, 1.807) is 17.5 Å². The van der Waals surface area contributed by atoms with E-state index in [0.717, 1.165) is 29.1 Å². The molecule has 1 aromatic carbocycles. The lowest BCUT2D eigenvalue weighted by molar-refractivity contribution is 0.148. The standard InChI is InChI=1S/C17H23N3O2S/c1-17(2,12-21)7-4-8-19-16(22)20-14-6-3-5-13(11-14)15-18-9-10-23-15/h3,5-6,9-11,21H,4,7-8,12H2,1-2H3,(H2,19,20,22). The van der Waals surface area contributed by atoms with Gasteiger partial charge in [-0.3, -0.25) is 0 Å². The lowest BCUT2D eigenvalue weighted by atomic mass is 9.89. The van der Waals surface area contributed by atoms with Crippen molar-refractivity contribution in [3.05, 3.63) is 35.8 Å². The maximum Gasteiger partial charge on any atom is 0.319 e. The molecule has 2 aromatic rings. The van der Waals surface area contributed by atoms with Gasteiger partial charge in [-0.25, -0.2) is 9.78 Å². The van der Waals surface area contributed by atoms with E-state index in [1.165, 1.54) is 0 Å². The second-order valence-electron chi connectivity index (χ2n) is 6.22. The fraction of sp³-hybridized carbons (Fsp3) is 0.412. The van der Waals surface area contributed by atoms with Gasteiger partial charge in [0.05, 0.1) is 0 Å². The minimum Gasteiger partial charge on any atom is -0.396 e. The molecule has 2 rings (SSSR count). The molecule has 0 bridgehead atoms. The Labute approximate surface area is 140 Å². The molecule has 0 aliphatic carbocycles. The van der Waals surface area contributed by atoms with E-state index in [0.29, 0.717) is 6.54 Å². The highest BCUT2D eigenvalue weighted by Crippen LogP contribution is 2.24. The SMILES string of the molecule is CC(C)(CO)CCCNC(=O)Nc1cccc(-c2nccs2)c1. The van der Waals surface area contributed by atoms with Crippen LogP contribution in [0.2, 0.25) is 0 Å². The van der Waals surface area contributed by atoms with E-state index in [4.69, 9.17) is 0 Å². The van der Waals surface area contributed by atoms with Crippen molar-refractivity contribution in [1.29, 1.82) is 0 Å². The van der Waals surface area contributed by atoms with Crippen molar-refractivity contribution in [3.63, 3.8) is 0 Å². The van der Waals surface area contributed by atoms with Crippen LogP contribution in [0.3, 0.4) is 0 Å². The van der Waals surface area contributed by atoms with E-state index in [2.05, 4.69) is 15.6 Å². The number of urea groups is 1. The number of nitrogens with one attached hydrogen (secondary N) is 2. The summed E-state index contributed by atoms with van der Waals surface area (Å²) in [5, 5.41) is 17.7. The Morgan fingerprint density at radius 2 is 2.22 bits per heavy atom. The van der Waals surface area contributed by atoms with Crippen molar-refractivity contribution in [2.24, 2.45) is 5.41 Å². The van der Waals surface area contributed by atoms with Gasteiger partial charge in [-0.15, -0.1) is 11.3 Å². The molecule has 0 aliphatic rings. The van der Waals surface area contributed by atoms with Crippen molar-refractivity contribution < 1.29 is 9.90 Å². The number of carbonyl (C=O) groups is 1. The molecule has 0 fully saturated rings. The number of thiazole rings is 1. The summed E-state index contributed by atoms with van der Waals surface area (Å²) in [6.45, 7) is 4.76. The van der Waals surface area contributed by atoms with Crippen LogP contribution in [0.4, 0.5) is 10.5 Å². The zero-order chi connectivity index (χ0) is 16.7. The fourth-order valence-corrected chi connectivity index (χ4v) is 2.75. The fourth-order valence-electron chi connectivity index (χ4n) is 2.12. The zero-order valence-electron chi connectivity index (χ0n) is 13.5. The van der Waals surface area contributed by atoms with Gasteiger partial charge >= 0.3 is 6.03 Å². The third kappa shape index (κ3) is 5.65. The number of anilines is 1. The van der Waals surface area contributed by atoms with E-state index in [1.807, 2.05) is 43.5 Å². The van der Waals surface area contributed by atoms with E-state index >= 15 is 0 Å². The molecule has 3 N–H and O–H groups in total. The van der Waals surface area contributed by atoms with Crippen molar-refractivity contribution in [2.75, 3.05) is 18.5 Å². The summed E-state index contributed by atoms with van der Waals surface area (Å²) in [5.74, 6) is 0. The maximum absolute atomic E-state index is 11.9. The second-order valence-corrected chi connectivity index (χ2v) is 7.12. The summed E-state index contributed by atoms with van der Waals surface area (Å²) in [5.41, 5.74) is 1.63. The van der Waals surface area contributed by atoms with E-state index in [9.17, 15) is 9.90 Å².